The van der Waals surface area contributed by atoms with Crippen LogP contribution in [0.5, 0.6) is 34.5 Å². The van der Waals surface area contributed by atoms with E-state index in [9.17, 15) is 35.4 Å². The van der Waals surface area contributed by atoms with Gasteiger partial charge in [-0.3, -0.25) is 4.79 Å². The Morgan fingerprint density at radius 2 is 1.25 bits per heavy atom. The topological polar surface area (TPSA) is 138 Å². The van der Waals surface area contributed by atoms with Crippen LogP contribution in [0.25, 0.3) is 0 Å². The van der Waals surface area contributed by atoms with E-state index >= 15 is 0 Å². The molecule has 0 spiro atoms. The Kier molecular flexibility index (Phi) is 3.03. The summed E-state index contributed by atoms with van der Waals surface area (Å²) in [6.45, 7) is 0. The van der Waals surface area contributed by atoms with Gasteiger partial charge in [0, 0.05) is 6.07 Å². The third-order valence-corrected chi connectivity index (χ3v) is 2.71. The van der Waals surface area contributed by atoms with Crippen LogP contribution in [0.3, 0.4) is 0 Å². The van der Waals surface area contributed by atoms with Gasteiger partial charge in [-0.05, 0) is 12.1 Å². The number of benzene rings is 2. The monoisotopic (exact) mass is 278 g/mol. The molecule has 0 saturated heterocycles. The molecule has 20 heavy (non-hydrogen) atoms. The lowest BCUT2D eigenvalue weighted by atomic mass is 9.99. The summed E-state index contributed by atoms with van der Waals surface area (Å²) in [4.78, 5) is 12.2. The lowest BCUT2D eigenvalue weighted by molar-refractivity contribution is 0.102. The van der Waals surface area contributed by atoms with E-state index in [1.165, 1.54) is 6.07 Å². The maximum Gasteiger partial charge on any atom is 0.208 e. The van der Waals surface area contributed by atoms with Crippen molar-refractivity contribution in [3.63, 3.8) is 0 Å². The number of hydrogen-bond acceptors (Lipinski definition) is 7. The summed E-state index contributed by atoms with van der Waals surface area (Å²) in [5.74, 6) is -5.95. The average molecular weight is 278 g/mol. The zero-order chi connectivity index (χ0) is 15.0. The fourth-order valence-electron chi connectivity index (χ4n) is 1.74. The second kappa shape index (κ2) is 4.54. The Labute approximate surface area is 112 Å². The maximum absolute atomic E-state index is 12.2. The Morgan fingerprint density at radius 3 is 1.80 bits per heavy atom. The van der Waals surface area contributed by atoms with Crippen LogP contribution < -0.4 is 0 Å². The summed E-state index contributed by atoms with van der Waals surface area (Å²) in [5.41, 5.74) is -1.31. The van der Waals surface area contributed by atoms with E-state index in [2.05, 4.69) is 0 Å². The molecule has 0 saturated carbocycles. The smallest absolute Gasteiger partial charge is 0.208 e. The van der Waals surface area contributed by atoms with Crippen molar-refractivity contribution < 1.29 is 35.4 Å². The SMILES string of the molecule is O=C(c1c(O)cccc1O)c1c(O)cc(O)c(O)c1O. The first kappa shape index (κ1) is 13.3. The van der Waals surface area contributed by atoms with Gasteiger partial charge in [0.15, 0.2) is 11.5 Å². The number of ketones is 1. The fourth-order valence-corrected chi connectivity index (χ4v) is 1.74. The summed E-state index contributed by atoms with van der Waals surface area (Å²) < 4.78 is 0. The summed E-state index contributed by atoms with van der Waals surface area (Å²) in [6.07, 6.45) is 0. The van der Waals surface area contributed by atoms with Gasteiger partial charge in [-0.1, -0.05) is 6.07 Å². The van der Waals surface area contributed by atoms with Crippen LogP contribution in [0.1, 0.15) is 15.9 Å². The van der Waals surface area contributed by atoms with Crippen LogP contribution in [-0.2, 0) is 0 Å². The predicted octanol–water partition coefficient (Wildman–Crippen LogP) is 1.15. The van der Waals surface area contributed by atoms with Crippen molar-refractivity contribution in [2.75, 3.05) is 0 Å². The minimum absolute atomic E-state index is 0.553. The summed E-state index contributed by atoms with van der Waals surface area (Å²) in [5, 5.41) is 56.9. The highest BCUT2D eigenvalue weighted by Gasteiger charge is 2.27. The van der Waals surface area contributed by atoms with Gasteiger partial charge in [0.2, 0.25) is 11.5 Å². The van der Waals surface area contributed by atoms with Crippen LogP contribution in [0.2, 0.25) is 0 Å². The van der Waals surface area contributed by atoms with Gasteiger partial charge in [0.1, 0.15) is 28.4 Å². The molecule has 2 aromatic rings. The summed E-state index contributed by atoms with van der Waals surface area (Å²) in [6, 6.07) is 4.19. The predicted molar refractivity (Wildman–Crippen MR) is 66.3 cm³/mol. The van der Waals surface area contributed by atoms with Crippen LogP contribution in [0.4, 0.5) is 0 Å². The van der Waals surface area contributed by atoms with Gasteiger partial charge in [-0.25, -0.2) is 0 Å². The molecule has 7 nitrogen and oxygen atoms in total. The number of phenols is 6. The molecule has 0 fully saturated rings. The lowest BCUT2D eigenvalue weighted by Crippen LogP contribution is -2.03. The number of aromatic hydroxyl groups is 6. The summed E-state index contributed by atoms with van der Waals surface area (Å²) in [7, 11) is 0. The van der Waals surface area contributed by atoms with E-state index in [1.807, 2.05) is 0 Å². The highest BCUT2D eigenvalue weighted by atomic mass is 16.3. The van der Waals surface area contributed by atoms with E-state index in [-0.39, 0.29) is 0 Å². The van der Waals surface area contributed by atoms with Crippen molar-refractivity contribution in [1.82, 2.24) is 0 Å². The molecule has 0 aliphatic heterocycles. The molecule has 0 unspecified atom stereocenters. The van der Waals surface area contributed by atoms with Gasteiger partial charge in [0.25, 0.3) is 0 Å². The standard InChI is InChI=1S/C13H10O7/c14-5-2-1-3-6(15)9(5)12(19)10-7(16)4-8(17)11(18)13(10)20/h1-4,14-18,20H. The van der Waals surface area contributed by atoms with Gasteiger partial charge in [-0.15, -0.1) is 0 Å². The van der Waals surface area contributed by atoms with Gasteiger partial charge in [0.05, 0.1) is 0 Å². The first-order valence-electron chi connectivity index (χ1n) is 5.37. The van der Waals surface area contributed by atoms with Crippen molar-refractivity contribution >= 4 is 5.78 Å². The van der Waals surface area contributed by atoms with E-state index < -0.39 is 51.4 Å². The molecule has 0 atom stereocenters. The Balaban J connectivity index is 2.70. The minimum atomic E-state index is -1.12. The zero-order valence-corrected chi connectivity index (χ0v) is 9.90. The highest BCUT2D eigenvalue weighted by Crippen LogP contribution is 2.44. The molecule has 2 rings (SSSR count). The largest absolute Gasteiger partial charge is 0.507 e. The second-order valence-corrected chi connectivity index (χ2v) is 3.99. The Bertz CT molecular complexity index is 686. The van der Waals surface area contributed by atoms with Crippen molar-refractivity contribution in [3.8, 4) is 34.5 Å². The van der Waals surface area contributed by atoms with E-state index in [1.54, 1.807) is 0 Å². The third-order valence-electron chi connectivity index (χ3n) is 2.71. The molecule has 0 heterocycles. The van der Waals surface area contributed by atoms with Crippen LogP contribution in [0.15, 0.2) is 24.3 Å². The number of carbonyl (C=O) groups excluding carboxylic acids is 1. The van der Waals surface area contributed by atoms with E-state index in [0.717, 1.165) is 12.1 Å². The molecule has 0 aromatic heterocycles. The van der Waals surface area contributed by atoms with Crippen LogP contribution >= 0.6 is 0 Å². The molecule has 104 valence electrons. The molecule has 0 amide bonds. The molecule has 7 heteroatoms. The molecule has 0 bridgehead atoms. The van der Waals surface area contributed by atoms with Gasteiger partial charge < -0.3 is 30.6 Å². The molecule has 0 aliphatic rings. The molecule has 0 aliphatic carbocycles. The molecule has 0 radical (unpaired) electrons. The Morgan fingerprint density at radius 1 is 0.700 bits per heavy atom. The number of carbonyl (C=O) groups is 1. The molecule has 6 N–H and O–H groups in total. The van der Waals surface area contributed by atoms with Gasteiger partial charge in [-0.2, -0.15) is 0 Å². The Hall–Kier alpha value is -3.09. The van der Waals surface area contributed by atoms with Crippen LogP contribution in [0, 0.1) is 0 Å². The zero-order valence-electron chi connectivity index (χ0n) is 9.90. The highest BCUT2D eigenvalue weighted by molar-refractivity contribution is 6.15. The molecular formula is C13H10O7. The molecule has 2 aromatic carbocycles. The number of phenolic OH excluding ortho intramolecular Hbond substituents is 6. The van der Waals surface area contributed by atoms with Crippen molar-refractivity contribution in [2.24, 2.45) is 0 Å². The fraction of sp³-hybridized carbons (Fsp3) is 0. The number of rotatable bonds is 2. The first-order chi connectivity index (χ1) is 9.34. The van der Waals surface area contributed by atoms with E-state index in [0.29, 0.717) is 6.07 Å². The maximum atomic E-state index is 12.2. The van der Waals surface area contributed by atoms with Gasteiger partial charge >= 0.3 is 0 Å². The quantitative estimate of drug-likeness (QED) is 0.275. The number of hydrogen-bond donors (Lipinski definition) is 6. The normalized spacial score (nSPS) is 10.4. The first-order valence-corrected chi connectivity index (χ1v) is 5.37. The van der Waals surface area contributed by atoms with Crippen LogP contribution in [-0.4, -0.2) is 36.4 Å². The minimum Gasteiger partial charge on any atom is -0.507 e. The van der Waals surface area contributed by atoms with E-state index in [4.69, 9.17) is 0 Å². The van der Waals surface area contributed by atoms with Crippen molar-refractivity contribution in [2.45, 2.75) is 0 Å². The molecular weight excluding hydrogens is 268 g/mol. The average Bonchev–Trinajstić information content (AvgIpc) is 2.36. The second-order valence-electron chi connectivity index (χ2n) is 3.99. The third kappa shape index (κ3) is 1.91. The lowest BCUT2D eigenvalue weighted by Gasteiger charge is -2.11. The van der Waals surface area contributed by atoms with Crippen molar-refractivity contribution in [1.29, 1.82) is 0 Å². The van der Waals surface area contributed by atoms with Crippen molar-refractivity contribution in [3.05, 3.63) is 35.4 Å². The summed E-state index contributed by atoms with van der Waals surface area (Å²) >= 11 is 0.